The molecule has 1 aliphatic rings. The summed E-state index contributed by atoms with van der Waals surface area (Å²) in [6.45, 7) is 1.71. The van der Waals surface area contributed by atoms with E-state index in [0.29, 0.717) is 15.5 Å². The van der Waals surface area contributed by atoms with Crippen molar-refractivity contribution in [3.05, 3.63) is 34.1 Å². The zero-order valence-electron chi connectivity index (χ0n) is 10.0. The van der Waals surface area contributed by atoms with Crippen molar-refractivity contribution in [2.45, 2.75) is 31.8 Å². The summed E-state index contributed by atoms with van der Waals surface area (Å²) in [5.74, 6) is -0.222. The van der Waals surface area contributed by atoms with Crippen LogP contribution in [-0.2, 0) is 6.54 Å². The first-order valence-electron chi connectivity index (χ1n) is 6.02. The van der Waals surface area contributed by atoms with Crippen LogP contribution < -0.4 is 5.73 Å². The molecule has 0 aromatic heterocycles. The molecule has 18 heavy (non-hydrogen) atoms. The Morgan fingerprint density at radius 1 is 1.50 bits per heavy atom. The zero-order valence-corrected chi connectivity index (χ0v) is 12.4. The smallest absolute Gasteiger partial charge is 0.137 e. The highest BCUT2D eigenvalue weighted by Crippen LogP contribution is 2.29. The van der Waals surface area contributed by atoms with Crippen LogP contribution in [0.5, 0.6) is 0 Å². The monoisotopic (exact) mass is 330 g/mol. The lowest BCUT2D eigenvalue weighted by atomic mass is 10.2. The predicted octanol–water partition coefficient (Wildman–Crippen LogP) is 3.23. The molecule has 0 aliphatic heterocycles. The van der Waals surface area contributed by atoms with E-state index in [-0.39, 0.29) is 5.82 Å². The lowest BCUT2D eigenvalue weighted by Crippen LogP contribution is -2.29. The largest absolute Gasteiger partial charge is 0.393 e. The van der Waals surface area contributed by atoms with Gasteiger partial charge in [0.05, 0.1) is 9.46 Å². The summed E-state index contributed by atoms with van der Waals surface area (Å²) in [6, 6.07) is 5.81. The molecule has 2 N–H and O–H groups in total. The Hall–Kier alpha value is -0.520. The van der Waals surface area contributed by atoms with E-state index in [2.05, 4.69) is 20.8 Å². The average molecular weight is 331 g/mol. The summed E-state index contributed by atoms with van der Waals surface area (Å²) in [5.41, 5.74) is 6.66. The van der Waals surface area contributed by atoms with E-state index >= 15 is 0 Å². The standard InChI is InChI=1S/C13H16BrFN2S/c14-11-7-9(1-4-12(11)15)8-17(10-2-3-10)6-5-13(16)18/h1,4,7,10H,2-3,5-6,8H2,(H2,16,18). The number of rotatable bonds is 6. The van der Waals surface area contributed by atoms with Gasteiger partial charge in [0.1, 0.15) is 5.82 Å². The van der Waals surface area contributed by atoms with Crippen molar-refractivity contribution < 1.29 is 4.39 Å². The van der Waals surface area contributed by atoms with Gasteiger partial charge in [-0.2, -0.15) is 0 Å². The molecule has 98 valence electrons. The SMILES string of the molecule is NC(=S)CCN(Cc1ccc(F)c(Br)c1)C1CC1. The van der Waals surface area contributed by atoms with E-state index in [4.69, 9.17) is 18.0 Å². The third kappa shape index (κ3) is 4.00. The van der Waals surface area contributed by atoms with Gasteiger partial charge in [0.25, 0.3) is 0 Å². The molecule has 1 saturated carbocycles. The molecule has 2 rings (SSSR count). The van der Waals surface area contributed by atoms with Crippen LogP contribution in [0.15, 0.2) is 22.7 Å². The van der Waals surface area contributed by atoms with E-state index in [1.54, 1.807) is 0 Å². The second kappa shape index (κ2) is 6.08. The first-order valence-corrected chi connectivity index (χ1v) is 7.22. The maximum atomic E-state index is 13.2. The van der Waals surface area contributed by atoms with Crippen molar-refractivity contribution in [3.8, 4) is 0 Å². The van der Waals surface area contributed by atoms with E-state index in [1.807, 2.05) is 12.1 Å². The van der Waals surface area contributed by atoms with Gasteiger partial charge in [-0.25, -0.2) is 4.39 Å². The maximum absolute atomic E-state index is 13.2. The molecule has 1 aromatic carbocycles. The second-order valence-corrected chi connectivity index (χ2v) is 6.05. The highest BCUT2D eigenvalue weighted by Gasteiger charge is 2.28. The van der Waals surface area contributed by atoms with Gasteiger partial charge in [-0.15, -0.1) is 0 Å². The summed E-state index contributed by atoms with van der Waals surface area (Å²) in [5, 5.41) is 0. The Kier molecular flexibility index (Phi) is 4.70. The van der Waals surface area contributed by atoms with Crippen LogP contribution in [0.25, 0.3) is 0 Å². The van der Waals surface area contributed by atoms with Crippen LogP contribution in [0.2, 0.25) is 0 Å². The van der Waals surface area contributed by atoms with Gasteiger partial charge >= 0.3 is 0 Å². The third-order valence-electron chi connectivity index (χ3n) is 3.08. The average Bonchev–Trinajstić information content (AvgIpc) is 3.13. The van der Waals surface area contributed by atoms with Crippen LogP contribution in [-0.4, -0.2) is 22.5 Å². The minimum absolute atomic E-state index is 0.222. The highest BCUT2D eigenvalue weighted by atomic mass is 79.9. The van der Waals surface area contributed by atoms with Crippen molar-refractivity contribution in [3.63, 3.8) is 0 Å². The number of hydrogen-bond donors (Lipinski definition) is 1. The maximum Gasteiger partial charge on any atom is 0.137 e. The fourth-order valence-corrected chi connectivity index (χ4v) is 2.47. The van der Waals surface area contributed by atoms with Crippen LogP contribution in [0, 0.1) is 5.82 Å². The summed E-state index contributed by atoms with van der Waals surface area (Å²) in [7, 11) is 0. The minimum atomic E-state index is -0.222. The Morgan fingerprint density at radius 2 is 2.22 bits per heavy atom. The van der Waals surface area contributed by atoms with Crippen molar-refractivity contribution in [1.82, 2.24) is 4.90 Å². The lowest BCUT2D eigenvalue weighted by Gasteiger charge is -2.22. The molecule has 5 heteroatoms. The Morgan fingerprint density at radius 3 is 2.78 bits per heavy atom. The number of hydrogen-bond acceptors (Lipinski definition) is 2. The second-order valence-electron chi connectivity index (χ2n) is 4.67. The molecule has 0 heterocycles. The predicted molar refractivity (Wildman–Crippen MR) is 78.9 cm³/mol. The van der Waals surface area contributed by atoms with Gasteiger partial charge < -0.3 is 5.73 Å². The Bertz CT molecular complexity index is 449. The number of nitrogens with zero attached hydrogens (tertiary/aromatic N) is 1. The molecule has 1 fully saturated rings. The molecule has 0 bridgehead atoms. The summed E-state index contributed by atoms with van der Waals surface area (Å²) in [4.78, 5) is 2.93. The fourth-order valence-electron chi connectivity index (χ4n) is 1.96. The number of nitrogens with two attached hydrogens (primary N) is 1. The quantitative estimate of drug-likeness (QED) is 0.812. The third-order valence-corrected chi connectivity index (χ3v) is 3.89. The van der Waals surface area contributed by atoms with Gasteiger partial charge in [0.15, 0.2) is 0 Å². The summed E-state index contributed by atoms with van der Waals surface area (Å²) in [6.07, 6.45) is 3.22. The molecule has 2 nitrogen and oxygen atoms in total. The minimum Gasteiger partial charge on any atom is -0.393 e. The van der Waals surface area contributed by atoms with Gasteiger partial charge in [-0.3, -0.25) is 4.90 Å². The first-order chi connectivity index (χ1) is 8.56. The van der Waals surface area contributed by atoms with Gasteiger partial charge in [-0.1, -0.05) is 18.3 Å². The number of thiocarbonyl (C=S) groups is 1. The molecular weight excluding hydrogens is 315 g/mol. The fraction of sp³-hybridized carbons (Fsp3) is 0.462. The van der Waals surface area contributed by atoms with Crippen molar-refractivity contribution in [1.29, 1.82) is 0 Å². The van der Waals surface area contributed by atoms with Gasteiger partial charge in [-0.05, 0) is 46.5 Å². The molecule has 1 aromatic rings. The molecule has 0 radical (unpaired) electrons. The zero-order chi connectivity index (χ0) is 13.1. The molecule has 0 atom stereocenters. The molecule has 0 amide bonds. The summed E-state index contributed by atoms with van der Waals surface area (Å²) >= 11 is 8.13. The lowest BCUT2D eigenvalue weighted by molar-refractivity contribution is 0.262. The summed E-state index contributed by atoms with van der Waals surface area (Å²) < 4.78 is 13.7. The Labute approximate surface area is 120 Å². The van der Waals surface area contributed by atoms with Crippen molar-refractivity contribution in [2.24, 2.45) is 5.73 Å². The van der Waals surface area contributed by atoms with Crippen LogP contribution >= 0.6 is 28.1 Å². The van der Waals surface area contributed by atoms with Crippen LogP contribution in [0.4, 0.5) is 4.39 Å². The van der Waals surface area contributed by atoms with E-state index < -0.39 is 0 Å². The normalized spacial score (nSPS) is 15.1. The van der Waals surface area contributed by atoms with E-state index in [0.717, 1.165) is 25.1 Å². The van der Waals surface area contributed by atoms with E-state index in [1.165, 1.54) is 18.9 Å². The van der Waals surface area contributed by atoms with Crippen LogP contribution in [0.3, 0.4) is 0 Å². The van der Waals surface area contributed by atoms with Gasteiger partial charge in [0, 0.05) is 25.6 Å². The number of benzene rings is 1. The molecular formula is C13H16BrFN2S. The van der Waals surface area contributed by atoms with Crippen molar-refractivity contribution in [2.75, 3.05) is 6.54 Å². The molecule has 1 aliphatic carbocycles. The molecule has 0 spiro atoms. The molecule has 0 saturated heterocycles. The highest BCUT2D eigenvalue weighted by molar-refractivity contribution is 9.10. The number of halogens is 2. The Balaban J connectivity index is 1.99. The molecule has 0 unspecified atom stereocenters. The first kappa shape index (κ1) is 13.9. The van der Waals surface area contributed by atoms with E-state index in [9.17, 15) is 4.39 Å². The topological polar surface area (TPSA) is 29.3 Å². The van der Waals surface area contributed by atoms with Gasteiger partial charge in [0.2, 0.25) is 0 Å². The van der Waals surface area contributed by atoms with Crippen molar-refractivity contribution >= 4 is 33.1 Å². The van der Waals surface area contributed by atoms with Crippen LogP contribution in [0.1, 0.15) is 24.8 Å².